The largest absolute Gasteiger partial charge is 0.452 e. The fourth-order valence-corrected chi connectivity index (χ4v) is 2.35. The fraction of sp³-hybridized carbons (Fsp3) is 0.429. The minimum Gasteiger partial charge on any atom is -0.452 e. The number of nitrogens with two attached hydrogens (primary N) is 1. The molecule has 9 heteroatoms. The molecular formula is C14H20N2O6S. The van der Waals surface area contributed by atoms with Crippen molar-refractivity contribution in [3.63, 3.8) is 0 Å². The van der Waals surface area contributed by atoms with Gasteiger partial charge in [-0.2, -0.15) is 0 Å². The predicted molar refractivity (Wildman–Crippen MR) is 82.3 cm³/mol. The first-order valence-corrected chi connectivity index (χ1v) is 8.28. The topological polar surface area (TPSA) is 125 Å². The number of ether oxygens (including phenoxy) is 2. The Hall–Kier alpha value is -1.97. The molecule has 0 aliphatic rings. The number of hydrogen-bond acceptors (Lipinski definition) is 6. The third-order valence-corrected chi connectivity index (χ3v) is 3.83. The van der Waals surface area contributed by atoms with Gasteiger partial charge >= 0.3 is 5.97 Å². The van der Waals surface area contributed by atoms with Crippen LogP contribution in [0.1, 0.15) is 22.8 Å². The third kappa shape index (κ3) is 5.97. The van der Waals surface area contributed by atoms with Gasteiger partial charge in [0.1, 0.15) is 0 Å². The average molecular weight is 344 g/mol. The molecule has 1 rings (SSSR count). The molecule has 1 unspecified atom stereocenters. The first kappa shape index (κ1) is 19.1. The maximum atomic E-state index is 12.0. The van der Waals surface area contributed by atoms with E-state index in [0.29, 0.717) is 12.2 Å². The van der Waals surface area contributed by atoms with E-state index in [1.54, 1.807) is 13.8 Å². The fourth-order valence-electron chi connectivity index (χ4n) is 1.82. The molecule has 3 N–H and O–H groups in total. The molecule has 1 atom stereocenters. The van der Waals surface area contributed by atoms with Crippen LogP contribution < -0.4 is 10.5 Å². The summed E-state index contributed by atoms with van der Waals surface area (Å²) in [4.78, 5) is 23.4. The van der Waals surface area contributed by atoms with Crippen LogP contribution in [0.4, 0.5) is 0 Å². The first-order chi connectivity index (χ1) is 10.6. The summed E-state index contributed by atoms with van der Waals surface area (Å²) in [6.07, 6.45) is 0. The molecule has 0 fully saturated rings. The van der Waals surface area contributed by atoms with E-state index in [2.05, 4.69) is 5.32 Å². The Bertz CT molecular complexity index is 687. The monoisotopic (exact) mass is 344 g/mol. The number of amides is 1. The Morgan fingerprint density at radius 1 is 1.35 bits per heavy atom. The van der Waals surface area contributed by atoms with E-state index in [-0.39, 0.29) is 16.5 Å². The molecular weight excluding hydrogens is 324 g/mol. The average Bonchev–Trinajstić information content (AvgIpc) is 2.44. The zero-order valence-electron chi connectivity index (χ0n) is 13.2. The Balaban J connectivity index is 2.73. The minimum atomic E-state index is -3.93. The standard InChI is InChI=1S/C14H20N2O6S/c1-9-4-5-11(23(15,19)20)6-12(9)14(18)22-8-13(17)16-10(2)7-21-3/h4-6,10H,7-8H2,1-3H3,(H,16,17)(H2,15,19,20). The summed E-state index contributed by atoms with van der Waals surface area (Å²) in [5, 5.41) is 7.61. The summed E-state index contributed by atoms with van der Waals surface area (Å²) in [5.74, 6) is -1.29. The summed E-state index contributed by atoms with van der Waals surface area (Å²) in [5.41, 5.74) is 0.546. The van der Waals surface area contributed by atoms with E-state index >= 15 is 0 Å². The van der Waals surface area contributed by atoms with Crippen LogP contribution in [-0.4, -0.2) is 46.7 Å². The van der Waals surface area contributed by atoms with Gasteiger partial charge in [-0.1, -0.05) is 6.07 Å². The molecule has 8 nitrogen and oxygen atoms in total. The number of methoxy groups -OCH3 is 1. The van der Waals surface area contributed by atoms with Crippen molar-refractivity contribution in [2.24, 2.45) is 5.14 Å². The van der Waals surface area contributed by atoms with Crippen molar-refractivity contribution in [3.8, 4) is 0 Å². The number of benzene rings is 1. The van der Waals surface area contributed by atoms with E-state index in [1.165, 1.54) is 19.2 Å². The van der Waals surface area contributed by atoms with E-state index in [9.17, 15) is 18.0 Å². The van der Waals surface area contributed by atoms with Gasteiger partial charge in [0.25, 0.3) is 5.91 Å². The lowest BCUT2D eigenvalue weighted by atomic mass is 10.1. The normalized spacial score (nSPS) is 12.5. The number of aryl methyl sites for hydroxylation is 1. The number of rotatable bonds is 7. The Morgan fingerprint density at radius 3 is 2.57 bits per heavy atom. The van der Waals surface area contributed by atoms with Crippen LogP contribution in [0.2, 0.25) is 0 Å². The molecule has 23 heavy (non-hydrogen) atoms. The molecule has 0 saturated carbocycles. The van der Waals surface area contributed by atoms with Crippen LogP contribution in [0, 0.1) is 6.92 Å². The summed E-state index contributed by atoms with van der Waals surface area (Å²) in [6, 6.07) is 3.63. The summed E-state index contributed by atoms with van der Waals surface area (Å²) in [6.45, 7) is 3.20. The second-order valence-corrected chi connectivity index (χ2v) is 6.58. The van der Waals surface area contributed by atoms with E-state index in [1.807, 2.05) is 0 Å². The Labute approximate surface area is 135 Å². The molecule has 0 saturated heterocycles. The number of primary sulfonamides is 1. The van der Waals surface area contributed by atoms with E-state index in [0.717, 1.165) is 6.07 Å². The first-order valence-electron chi connectivity index (χ1n) is 6.74. The summed E-state index contributed by atoms with van der Waals surface area (Å²) >= 11 is 0. The van der Waals surface area contributed by atoms with Crippen molar-refractivity contribution in [2.45, 2.75) is 24.8 Å². The second-order valence-electron chi connectivity index (χ2n) is 5.02. The molecule has 0 heterocycles. The third-order valence-electron chi connectivity index (χ3n) is 2.92. The SMILES string of the molecule is COCC(C)NC(=O)COC(=O)c1cc(S(N)(=O)=O)ccc1C. The van der Waals surface area contributed by atoms with Crippen LogP contribution in [-0.2, 0) is 24.3 Å². The zero-order chi connectivity index (χ0) is 17.6. The van der Waals surface area contributed by atoms with Gasteiger partial charge in [0.05, 0.1) is 17.1 Å². The van der Waals surface area contributed by atoms with Gasteiger partial charge in [0.15, 0.2) is 6.61 Å². The van der Waals surface area contributed by atoms with Crippen LogP contribution >= 0.6 is 0 Å². The zero-order valence-corrected chi connectivity index (χ0v) is 14.0. The van der Waals surface area contributed by atoms with Gasteiger partial charge in [-0.3, -0.25) is 4.79 Å². The van der Waals surface area contributed by atoms with Crippen molar-refractivity contribution in [2.75, 3.05) is 20.3 Å². The van der Waals surface area contributed by atoms with Gasteiger partial charge in [-0.05, 0) is 31.5 Å². The molecule has 1 aromatic rings. The molecule has 0 bridgehead atoms. The number of nitrogens with one attached hydrogen (secondary N) is 1. The lowest BCUT2D eigenvalue weighted by Crippen LogP contribution is -2.38. The van der Waals surface area contributed by atoms with Gasteiger partial charge in [0.2, 0.25) is 10.0 Å². The highest BCUT2D eigenvalue weighted by Gasteiger charge is 2.17. The molecule has 128 valence electrons. The highest BCUT2D eigenvalue weighted by atomic mass is 32.2. The van der Waals surface area contributed by atoms with Crippen molar-refractivity contribution < 1.29 is 27.5 Å². The van der Waals surface area contributed by atoms with Crippen LogP contribution in [0.3, 0.4) is 0 Å². The maximum absolute atomic E-state index is 12.0. The highest BCUT2D eigenvalue weighted by Crippen LogP contribution is 2.15. The quantitative estimate of drug-likeness (QED) is 0.668. The number of esters is 1. The van der Waals surface area contributed by atoms with Crippen molar-refractivity contribution in [1.29, 1.82) is 0 Å². The van der Waals surface area contributed by atoms with E-state index in [4.69, 9.17) is 14.6 Å². The molecule has 0 aliphatic carbocycles. The smallest absolute Gasteiger partial charge is 0.338 e. The summed E-state index contributed by atoms with van der Waals surface area (Å²) in [7, 11) is -2.43. The van der Waals surface area contributed by atoms with Gasteiger partial charge in [0, 0.05) is 13.2 Å². The van der Waals surface area contributed by atoms with Gasteiger partial charge in [-0.25, -0.2) is 18.4 Å². The minimum absolute atomic E-state index is 0.0364. The number of hydrogen-bond donors (Lipinski definition) is 2. The predicted octanol–water partition coefficient (Wildman–Crippen LogP) is -0.0497. The number of carbonyl (C=O) groups is 2. The Morgan fingerprint density at radius 2 is 2.00 bits per heavy atom. The second kappa shape index (κ2) is 8.04. The van der Waals surface area contributed by atoms with Crippen LogP contribution in [0.5, 0.6) is 0 Å². The van der Waals surface area contributed by atoms with Crippen molar-refractivity contribution in [1.82, 2.24) is 5.32 Å². The highest BCUT2D eigenvalue weighted by molar-refractivity contribution is 7.89. The van der Waals surface area contributed by atoms with Crippen molar-refractivity contribution >= 4 is 21.9 Å². The molecule has 1 amide bonds. The Kier molecular flexibility index (Phi) is 6.67. The van der Waals surface area contributed by atoms with Crippen molar-refractivity contribution in [3.05, 3.63) is 29.3 Å². The molecule has 0 aliphatic heterocycles. The van der Waals surface area contributed by atoms with E-state index < -0.39 is 28.5 Å². The van der Waals surface area contributed by atoms with Crippen LogP contribution in [0.15, 0.2) is 23.1 Å². The molecule has 0 spiro atoms. The molecule has 0 radical (unpaired) electrons. The van der Waals surface area contributed by atoms with Crippen LogP contribution in [0.25, 0.3) is 0 Å². The summed E-state index contributed by atoms with van der Waals surface area (Å²) < 4.78 is 32.4. The lowest BCUT2D eigenvalue weighted by Gasteiger charge is -2.13. The maximum Gasteiger partial charge on any atom is 0.338 e. The van der Waals surface area contributed by atoms with Gasteiger partial charge < -0.3 is 14.8 Å². The molecule has 0 aromatic heterocycles. The number of sulfonamides is 1. The van der Waals surface area contributed by atoms with Gasteiger partial charge in [-0.15, -0.1) is 0 Å². The lowest BCUT2D eigenvalue weighted by molar-refractivity contribution is -0.125. The molecule has 1 aromatic carbocycles. The number of carbonyl (C=O) groups excluding carboxylic acids is 2.